The first-order valence-electron chi connectivity index (χ1n) is 11.5. The standard InChI is InChI=1S/C22H29F3N8O2/c1-15-14-33(16-5-10-31(2)11-6-16)30-18(15)28-20-27-13-17(22(23,24)25)19(29-20)26-7-3-8-32-9-4-12-35-21(32)34/h4,12-14,16H,3,5-11H2,1-2H3,(H2,26,27,28,29,30). The smallest absolute Gasteiger partial charge is 0.418 e. The Morgan fingerprint density at radius 1 is 1.23 bits per heavy atom. The van der Waals surface area contributed by atoms with Crippen molar-refractivity contribution in [1.29, 1.82) is 0 Å². The van der Waals surface area contributed by atoms with Crippen molar-refractivity contribution in [2.45, 2.75) is 38.4 Å². The van der Waals surface area contributed by atoms with Crippen molar-refractivity contribution in [1.82, 2.24) is 29.5 Å². The highest BCUT2D eigenvalue weighted by Crippen LogP contribution is 2.34. The number of nitrogens with zero attached hydrogens (tertiary/aromatic N) is 6. The number of aromatic nitrogens is 4. The average molecular weight is 495 g/mol. The number of hydrogen-bond acceptors (Lipinski definition) is 8. The van der Waals surface area contributed by atoms with Gasteiger partial charge in [-0.2, -0.15) is 23.3 Å². The number of alkyl halides is 3. The maximum Gasteiger partial charge on any atom is 0.421 e. The van der Waals surface area contributed by atoms with Gasteiger partial charge in [0.15, 0.2) is 5.82 Å². The van der Waals surface area contributed by atoms with Crippen LogP contribution in [0.1, 0.15) is 36.4 Å². The molecule has 2 aromatic rings. The van der Waals surface area contributed by atoms with E-state index in [-0.39, 0.29) is 24.4 Å². The molecule has 13 heteroatoms. The van der Waals surface area contributed by atoms with Crippen LogP contribution < -0.4 is 10.6 Å². The number of piperidine rings is 1. The molecule has 2 N–H and O–H groups in total. The fourth-order valence-electron chi connectivity index (χ4n) is 4.03. The number of carbonyl (C=O) groups is 1. The fraction of sp³-hybridized carbons (Fsp3) is 0.545. The van der Waals surface area contributed by atoms with E-state index in [1.54, 1.807) is 6.08 Å². The largest absolute Gasteiger partial charge is 0.421 e. The first-order valence-corrected chi connectivity index (χ1v) is 11.5. The first kappa shape index (κ1) is 24.8. The van der Waals surface area contributed by atoms with Gasteiger partial charge in [-0.15, -0.1) is 0 Å². The Hall–Kier alpha value is -3.35. The van der Waals surface area contributed by atoms with Gasteiger partial charge in [0.2, 0.25) is 5.95 Å². The third-order valence-electron chi connectivity index (χ3n) is 6.05. The van der Waals surface area contributed by atoms with E-state index in [0.29, 0.717) is 25.3 Å². The van der Waals surface area contributed by atoms with Gasteiger partial charge in [-0.25, -0.2) is 9.78 Å². The quantitative estimate of drug-likeness (QED) is 0.535. The van der Waals surface area contributed by atoms with Crippen molar-refractivity contribution in [3.05, 3.63) is 35.9 Å². The molecule has 0 unspecified atom stereocenters. The molecule has 0 aliphatic carbocycles. The van der Waals surface area contributed by atoms with Gasteiger partial charge in [0.05, 0.1) is 12.3 Å². The monoisotopic (exact) mass is 494 g/mol. The minimum atomic E-state index is -4.62. The number of rotatable bonds is 8. The van der Waals surface area contributed by atoms with Gasteiger partial charge >= 0.3 is 12.3 Å². The summed E-state index contributed by atoms with van der Waals surface area (Å²) in [6.45, 7) is 4.76. The second kappa shape index (κ2) is 10.5. The Bertz CT molecular complexity index is 1060. The fourth-order valence-corrected chi connectivity index (χ4v) is 4.03. The summed E-state index contributed by atoms with van der Waals surface area (Å²) in [6, 6.07) is 0.277. The number of hydrogen-bond donors (Lipinski definition) is 2. The maximum absolute atomic E-state index is 13.5. The van der Waals surface area contributed by atoms with E-state index in [1.807, 2.05) is 17.8 Å². The molecule has 0 saturated carbocycles. The van der Waals surface area contributed by atoms with Gasteiger partial charge in [0.1, 0.15) is 11.4 Å². The van der Waals surface area contributed by atoms with E-state index in [4.69, 9.17) is 4.74 Å². The van der Waals surface area contributed by atoms with Gasteiger partial charge in [0.25, 0.3) is 0 Å². The summed E-state index contributed by atoms with van der Waals surface area (Å²) >= 11 is 0. The second-order valence-electron chi connectivity index (χ2n) is 8.74. The number of ether oxygens (including phenoxy) is 1. The molecule has 0 bridgehead atoms. The number of amides is 1. The van der Waals surface area contributed by atoms with E-state index in [9.17, 15) is 18.0 Å². The molecule has 0 radical (unpaired) electrons. The van der Waals surface area contributed by atoms with Crippen molar-refractivity contribution < 1.29 is 22.7 Å². The number of nitrogens with one attached hydrogen (secondary N) is 2. The van der Waals surface area contributed by atoms with Gasteiger partial charge < -0.3 is 25.2 Å². The van der Waals surface area contributed by atoms with E-state index in [1.165, 1.54) is 11.2 Å². The Labute approximate surface area is 201 Å². The van der Waals surface area contributed by atoms with Crippen LogP contribution in [0.15, 0.2) is 24.7 Å². The van der Waals surface area contributed by atoms with Crippen LogP contribution in [0, 0.1) is 6.92 Å². The van der Waals surface area contributed by atoms with Crippen molar-refractivity contribution in [2.75, 3.05) is 50.4 Å². The minimum absolute atomic E-state index is 0.0157. The van der Waals surface area contributed by atoms with Crippen LogP contribution in [0.4, 0.5) is 35.5 Å². The molecule has 0 spiro atoms. The lowest BCUT2D eigenvalue weighted by molar-refractivity contribution is -0.137. The third kappa shape index (κ3) is 6.21. The molecule has 0 aromatic carbocycles. The van der Waals surface area contributed by atoms with E-state index in [0.717, 1.165) is 37.7 Å². The summed E-state index contributed by atoms with van der Waals surface area (Å²) in [6.07, 6.45) is 2.97. The van der Waals surface area contributed by atoms with Crippen molar-refractivity contribution in [3.8, 4) is 0 Å². The predicted octanol–water partition coefficient (Wildman–Crippen LogP) is 3.78. The van der Waals surface area contributed by atoms with Gasteiger partial charge in [-0.3, -0.25) is 4.68 Å². The zero-order valence-electron chi connectivity index (χ0n) is 19.7. The summed E-state index contributed by atoms with van der Waals surface area (Å²) in [5, 5.41) is 10.3. The zero-order valence-corrected chi connectivity index (χ0v) is 19.7. The molecule has 190 valence electrons. The summed E-state index contributed by atoms with van der Waals surface area (Å²) in [5.74, 6) is 0.191. The topological polar surface area (TPSA) is 100 Å². The summed E-state index contributed by atoms with van der Waals surface area (Å²) in [7, 11) is 2.09. The Balaban J connectivity index is 1.43. The van der Waals surface area contributed by atoms with Gasteiger partial charge in [-0.1, -0.05) is 0 Å². The molecule has 0 atom stereocenters. The highest BCUT2D eigenvalue weighted by atomic mass is 19.4. The highest BCUT2D eigenvalue weighted by molar-refractivity contribution is 5.69. The summed E-state index contributed by atoms with van der Waals surface area (Å²) in [5.41, 5.74) is -0.110. The molecule has 2 aliphatic rings. The van der Waals surface area contributed by atoms with Gasteiger partial charge in [-0.05, 0) is 52.4 Å². The van der Waals surface area contributed by atoms with Crippen LogP contribution in [0.3, 0.4) is 0 Å². The summed E-state index contributed by atoms with van der Waals surface area (Å²) in [4.78, 5) is 23.3. The van der Waals surface area contributed by atoms with Crippen molar-refractivity contribution in [3.63, 3.8) is 0 Å². The third-order valence-corrected chi connectivity index (χ3v) is 6.05. The molecular weight excluding hydrogens is 465 g/mol. The first-order chi connectivity index (χ1) is 16.7. The average Bonchev–Trinajstić information content (AvgIpc) is 3.17. The van der Waals surface area contributed by atoms with E-state index < -0.39 is 17.8 Å². The molecule has 10 nitrogen and oxygen atoms in total. The number of carbonyl (C=O) groups excluding carboxylic acids is 1. The van der Waals surface area contributed by atoms with E-state index >= 15 is 0 Å². The predicted molar refractivity (Wildman–Crippen MR) is 123 cm³/mol. The van der Waals surface area contributed by atoms with Crippen LogP contribution in [0.25, 0.3) is 0 Å². The molecule has 1 amide bonds. The Morgan fingerprint density at radius 3 is 2.71 bits per heavy atom. The van der Waals surface area contributed by atoms with Crippen LogP contribution in [-0.4, -0.2) is 75.4 Å². The number of aryl methyl sites for hydroxylation is 1. The number of anilines is 3. The molecule has 1 fully saturated rings. The van der Waals surface area contributed by atoms with Gasteiger partial charge in [0, 0.05) is 37.6 Å². The lowest BCUT2D eigenvalue weighted by atomic mass is 10.1. The molecule has 1 saturated heterocycles. The normalized spacial score (nSPS) is 17.5. The van der Waals surface area contributed by atoms with Crippen LogP contribution in [0.2, 0.25) is 0 Å². The molecule has 35 heavy (non-hydrogen) atoms. The van der Waals surface area contributed by atoms with Crippen molar-refractivity contribution >= 4 is 23.7 Å². The molecule has 4 rings (SSSR count). The Morgan fingerprint density at radius 2 is 2.00 bits per heavy atom. The molecule has 4 heterocycles. The molecule has 2 aliphatic heterocycles. The molecule has 2 aromatic heterocycles. The number of cyclic esters (lactones) is 1. The highest BCUT2D eigenvalue weighted by Gasteiger charge is 2.35. The van der Waals surface area contributed by atoms with Crippen LogP contribution >= 0.6 is 0 Å². The number of halogens is 3. The van der Waals surface area contributed by atoms with E-state index in [2.05, 4.69) is 37.6 Å². The second-order valence-corrected chi connectivity index (χ2v) is 8.74. The lowest BCUT2D eigenvalue weighted by Gasteiger charge is -2.28. The zero-order chi connectivity index (χ0) is 25.0. The maximum atomic E-state index is 13.5. The van der Waals surface area contributed by atoms with Crippen LogP contribution in [-0.2, 0) is 10.9 Å². The lowest BCUT2D eigenvalue weighted by Crippen LogP contribution is -2.34. The van der Waals surface area contributed by atoms with Crippen LogP contribution in [0.5, 0.6) is 0 Å². The molecular formula is C22H29F3N8O2. The minimum Gasteiger partial charge on any atom is -0.418 e. The summed E-state index contributed by atoms with van der Waals surface area (Å²) < 4.78 is 47.3. The SMILES string of the molecule is Cc1cn(C2CCN(C)CC2)nc1Nc1ncc(C(F)(F)F)c(NCCCN2CC=COC2=O)n1. The van der Waals surface area contributed by atoms with Crippen molar-refractivity contribution in [2.24, 2.45) is 0 Å². The number of likely N-dealkylation sites (tertiary alicyclic amines) is 1. The Kier molecular flexibility index (Phi) is 7.43.